The van der Waals surface area contributed by atoms with E-state index in [1.807, 2.05) is 0 Å². The maximum Gasteiger partial charge on any atom is 0.288 e. The van der Waals surface area contributed by atoms with Crippen LogP contribution in [0.2, 0.25) is 0 Å². The summed E-state index contributed by atoms with van der Waals surface area (Å²) in [5, 5.41) is -0.174. The van der Waals surface area contributed by atoms with E-state index in [9.17, 15) is 9.59 Å². The molecule has 6 heteroatoms. The lowest BCUT2D eigenvalue weighted by Crippen LogP contribution is -2.41. The normalized spacial score (nSPS) is 18.8. The predicted molar refractivity (Wildman–Crippen MR) is 50.5 cm³/mol. The van der Waals surface area contributed by atoms with Crippen molar-refractivity contribution in [1.29, 1.82) is 0 Å². The van der Waals surface area contributed by atoms with E-state index in [0.29, 0.717) is 12.3 Å². The number of carbonyl (C=O) groups excluding carboxylic acids is 2. The number of halogens is 1. The van der Waals surface area contributed by atoms with Gasteiger partial charge in [0.25, 0.3) is 5.24 Å². The molecule has 0 spiro atoms. The third kappa shape index (κ3) is 2.36. The fraction of sp³-hybridized carbons (Fsp3) is 0.667. The Morgan fingerprint density at radius 3 is 2.67 bits per heavy atom. The highest BCUT2D eigenvalue weighted by Crippen LogP contribution is 2.17. The summed E-state index contributed by atoms with van der Waals surface area (Å²) in [7, 11) is 0. The van der Waals surface area contributed by atoms with Crippen LogP contribution in [0.5, 0.6) is 0 Å². The van der Waals surface area contributed by atoms with Gasteiger partial charge in [-0.25, -0.2) is 0 Å². The van der Waals surface area contributed by atoms with Crippen molar-refractivity contribution in [3.05, 3.63) is 0 Å². The summed E-state index contributed by atoms with van der Waals surface area (Å²) >= 11 is 1.16. The van der Waals surface area contributed by atoms with Gasteiger partial charge in [-0.2, -0.15) is 0 Å². The molecule has 4 nitrogen and oxygen atoms in total. The SMILES string of the molecule is C[C@H](N)C(=O)N1CCSC1=O.Cl. The van der Waals surface area contributed by atoms with Crippen molar-refractivity contribution in [2.24, 2.45) is 5.73 Å². The lowest BCUT2D eigenvalue weighted by Gasteiger charge is -2.14. The Bertz CT molecular complexity index is 198. The second-order valence-corrected chi connectivity index (χ2v) is 3.44. The first-order valence-corrected chi connectivity index (χ1v) is 4.35. The van der Waals surface area contributed by atoms with E-state index in [1.54, 1.807) is 6.92 Å². The van der Waals surface area contributed by atoms with E-state index in [-0.39, 0.29) is 23.6 Å². The molecular formula is C6H11ClN2O2S. The molecule has 70 valence electrons. The van der Waals surface area contributed by atoms with E-state index in [1.165, 1.54) is 4.90 Å². The van der Waals surface area contributed by atoms with Crippen molar-refractivity contribution < 1.29 is 9.59 Å². The number of rotatable bonds is 1. The number of nitrogens with zero attached hydrogens (tertiary/aromatic N) is 1. The standard InChI is InChI=1S/C6H10N2O2S.ClH/c1-4(7)5(9)8-2-3-11-6(8)10;/h4H,2-3,7H2,1H3;1H/t4-;/m0./s1. The minimum atomic E-state index is -0.572. The van der Waals surface area contributed by atoms with Crippen molar-refractivity contribution >= 4 is 35.3 Å². The molecule has 0 unspecified atom stereocenters. The van der Waals surface area contributed by atoms with Gasteiger partial charge in [0.05, 0.1) is 6.04 Å². The molecule has 0 aromatic rings. The Morgan fingerprint density at radius 1 is 1.75 bits per heavy atom. The largest absolute Gasteiger partial charge is 0.320 e. The number of amides is 2. The second kappa shape index (κ2) is 4.69. The summed E-state index contributed by atoms with van der Waals surface area (Å²) < 4.78 is 0. The van der Waals surface area contributed by atoms with Crippen LogP contribution in [0.25, 0.3) is 0 Å². The topological polar surface area (TPSA) is 63.4 Å². The van der Waals surface area contributed by atoms with E-state index >= 15 is 0 Å². The molecule has 0 radical (unpaired) electrons. The van der Waals surface area contributed by atoms with Crippen molar-refractivity contribution in [1.82, 2.24) is 4.90 Å². The first kappa shape index (κ1) is 11.7. The summed E-state index contributed by atoms with van der Waals surface area (Å²) in [6, 6.07) is -0.572. The van der Waals surface area contributed by atoms with Crippen molar-refractivity contribution in [2.75, 3.05) is 12.3 Å². The Morgan fingerprint density at radius 2 is 2.33 bits per heavy atom. The van der Waals surface area contributed by atoms with E-state index in [0.717, 1.165) is 11.8 Å². The molecule has 1 aliphatic heterocycles. The fourth-order valence-electron chi connectivity index (χ4n) is 0.839. The number of carbonyl (C=O) groups is 2. The number of thioether (sulfide) groups is 1. The molecule has 0 bridgehead atoms. The maximum absolute atomic E-state index is 11.1. The fourth-order valence-corrected chi connectivity index (χ4v) is 1.62. The Hall–Kier alpha value is -0.260. The number of hydrogen-bond donors (Lipinski definition) is 1. The van der Waals surface area contributed by atoms with Gasteiger partial charge in [-0.1, -0.05) is 11.8 Å². The highest BCUT2D eigenvalue weighted by atomic mass is 35.5. The van der Waals surface area contributed by atoms with Crippen molar-refractivity contribution in [3.8, 4) is 0 Å². The molecule has 0 saturated carbocycles. The van der Waals surface area contributed by atoms with Gasteiger partial charge in [-0.15, -0.1) is 12.4 Å². The van der Waals surface area contributed by atoms with Crippen molar-refractivity contribution in [3.63, 3.8) is 0 Å². The Balaban J connectivity index is 0.00000121. The molecule has 2 N–H and O–H groups in total. The van der Waals surface area contributed by atoms with Crippen LogP contribution in [0.15, 0.2) is 0 Å². The molecule has 2 amide bonds. The first-order valence-electron chi connectivity index (χ1n) is 3.36. The van der Waals surface area contributed by atoms with Gasteiger partial charge in [-0.05, 0) is 6.92 Å². The summed E-state index contributed by atoms with van der Waals surface area (Å²) in [6.07, 6.45) is 0. The van der Waals surface area contributed by atoms with Gasteiger partial charge >= 0.3 is 0 Å². The monoisotopic (exact) mass is 210 g/mol. The van der Waals surface area contributed by atoms with Gasteiger partial charge in [0.2, 0.25) is 5.91 Å². The smallest absolute Gasteiger partial charge is 0.288 e. The summed E-state index contributed by atoms with van der Waals surface area (Å²) in [4.78, 5) is 23.3. The third-order valence-corrected chi connectivity index (χ3v) is 2.27. The molecular weight excluding hydrogens is 200 g/mol. The van der Waals surface area contributed by atoms with Crippen LogP contribution in [-0.2, 0) is 4.79 Å². The number of nitrogens with two attached hydrogens (primary N) is 1. The quantitative estimate of drug-likeness (QED) is 0.683. The molecule has 1 aliphatic rings. The second-order valence-electron chi connectivity index (χ2n) is 2.39. The first-order chi connectivity index (χ1) is 5.13. The zero-order valence-corrected chi connectivity index (χ0v) is 8.28. The molecule has 1 rings (SSSR count). The van der Waals surface area contributed by atoms with Crippen LogP contribution in [0.3, 0.4) is 0 Å². The van der Waals surface area contributed by atoms with Gasteiger partial charge < -0.3 is 5.73 Å². The minimum absolute atomic E-state index is 0. The number of imide groups is 1. The summed E-state index contributed by atoms with van der Waals surface area (Å²) in [5.41, 5.74) is 5.33. The molecule has 12 heavy (non-hydrogen) atoms. The molecule has 0 aromatic carbocycles. The number of hydrogen-bond acceptors (Lipinski definition) is 4. The van der Waals surface area contributed by atoms with E-state index < -0.39 is 6.04 Å². The highest BCUT2D eigenvalue weighted by Gasteiger charge is 2.28. The van der Waals surface area contributed by atoms with Crippen LogP contribution in [-0.4, -0.2) is 34.4 Å². The molecule has 0 aliphatic carbocycles. The molecule has 1 heterocycles. The highest BCUT2D eigenvalue weighted by molar-refractivity contribution is 8.13. The lowest BCUT2D eigenvalue weighted by atomic mass is 10.3. The van der Waals surface area contributed by atoms with Gasteiger partial charge in [0.1, 0.15) is 0 Å². The minimum Gasteiger partial charge on any atom is -0.320 e. The molecule has 1 saturated heterocycles. The van der Waals surface area contributed by atoms with Crippen LogP contribution >= 0.6 is 24.2 Å². The van der Waals surface area contributed by atoms with Gasteiger partial charge in [0, 0.05) is 12.3 Å². The molecule has 1 atom stereocenters. The third-order valence-electron chi connectivity index (χ3n) is 1.42. The average molecular weight is 211 g/mol. The molecule has 1 fully saturated rings. The van der Waals surface area contributed by atoms with E-state index in [2.05, 4.69) is 0 Å². The van der Waals surface area contributed by atoms with Crippen molar-refractivity contribution in [2.45, 2.75) is 13.0 Å². The molecule has 0 aromatic heterocycles. The Labute approximate surface area is 81.3 Å². The van der Waals surface area contributed by atoms with E-state index in [4.69, 9.17) is 5.73 Å². The van der Waals surface area contributed by atoms with Crippen LogP contribution in [0, 0.1) is 0 Å². The van der Waals surface area contributed by atoms with Gasteiger partial charge in [0.15, 0.2) is 0 Å². The average Bonchev–Trinajstić information content (AvgIpc) is 2.33. The zero-order chi connectivity index (χ0) is 8.43. The van der Waals surface area contributed by atoms with Crippen LogP contribution in [0.1, 0.15) is 6.92 Å². The summed E-state index contributed by atoms with van der Waals surface area (Å²) in [6.45, 7) is 2.09. The summed E-state index contributed by atoms with van der Waals surface area (Å²) in [5.74, 6) is 0.414. The van der Waals surface area contributed by atoms with Crippen LogP contribution in [0.4, 0.5) is 4.79 Å². The Kier molecular flexibility index (Phi) is 4.59. The zero-order valence-electron chi connectivity index (χ0n) is 6.65. The van der Waals surface area contributed by atoms with Gasteiger partial charge in [-0.3, -0.25) is 14.5 Å². The van der Waals surface area contributed by atoms with Crippen LogP contribution < -0.4 is 5.73 Å². The predicted octanol–water partition coefficient (Wildman–Crippen LogP) is 0.451. The lowest BCUT2D eigenvalue weighted by molar-refractivity contribution is -0.128. The maximum atomic E-state index is 11.1.